The van der Waals surface area contributed by atoms with Crippen LogP contribution in [0.5, 0.6) is 6.01 Å². The van der Waals surface area contributed by atoms with Crippen LogP contribution in [-0.2, 0) is 28.5 Å². The number of carbonyl (C=O) groups is 1. The van der Waals surface area contributed by atoms with Crippen LogP contribution in [0.3, 0.4) is 0 Å². The third-order valence-electron chi connectivity index (χ3n) is 5.49. The molecule has 192 valence electrons. The maximum absolute atomic E-state index is 14.1. The van der Waals surface area contributed by atoms with Gasteiger partial charge >= 0.3 is 12.2 Å². The third kappa shape index (κ3) is 7.14. The number of nitrogens with zero attached hydrogens (tertiary/aromatic N) is 2. The molecule has 3 N–H and O–H groups in total. The van der Waals surface area contributed by atoms with E-state index in [0.717, 1.165) is 23.3 Å². The number of benzene rings is 2. The number of nitrogens with one attached hydrogen (secondary N) is 1. The number of primary amides is 1. The molecule has 0 spiro atoms. The number of alkyl halides is 3. The zero-order valence-corrected chi connectivity index (χ0v) is 19.7. The second-order valence-electron chi connectivity index (χ2n) is 7.97. The van der Waals surface area contributed by atoms with Gasteiger partial charge in [-0.1, -0.05) is 24.3 Å². The summed E-state index contributed by atoms with van der Waals surface area (Å²) in [5.41, 5.74) is 6.72. The van der Waals surface area contributed by atoms with Gasteiger partial charge in [0.25, 0.3) is 0 Å². The first-order valence-corrected chi connectivity index (χ1v) is 11.0. The van der Waals surface area contributed by atoms with Gasteiger partial charge in [0.1, 0.15) is 17.7 Å². The van der Waals surface area contributed by atoms with E-state index in [4.69, 9.17) is 15.2 Å². The molecule has 3 aromatic rings. The second kappa shape index (κ2) is 11.8. The van der Waals surface area contributed by atoms with Crippen molar-refractivity contribution in [1.29, 1.82) is 0 Å². The lowest BCUT2D eigenvalue weighted by atomic mass is 10.0. The molecule has 0 radical (unpaired) electrons. The van der Waals surface area contributed by atoms with E-state index in [1.807, 2.05) is 24.3 Å². The maximum Gasteiger partial charge on any atom is 0.416 e. The topological polar surface area (TPSA) is 99.4 Å². The Morgan fingerprint density at radius 1 is 1.08 bits per heavy atom. The molecule has 1 aromatic heterocycles. The Morgan fingerprint density at radius 2 is 1.86 bits per heavy atom. The number of hydrogen-bond donors (Lipinski definition) is 2. The van der Waals surface area contributed by atoms with E-state index < -0.39 is 29.6 Å². The predicted octanol–water partition coefficient (Wildman–Crippen LogP) is 4.40. The molecular weight excluding hydrogens is 480 g/mol. The Morgan fingerprint density at radius 3 is 2.50 bits per heavy atom. The van der Waals surface area contributed by atoms with Crippen molar-refractivity contribution < 1.29 is 31.8 Å². The number of amides is 1. The molecule has 36 heavy (non-hydrogen) atoms. The summed E-state index contributed by atoms with van der Waals surface area (Å²) in [6.45, 7) is 0.216. The second-order valence-corrected chi connectivity index (χ2v) is 7.97. The van der Waals surface area contributed by atoms with E-state index in [9.17, 15) is 22.4 Å². The molecule has 0 saturated heterocycles. The Kier molecular flexibility index (Phi) is 8.81. The van der Waals surface area contributed by atoms with Crippen molar-refractivity contribution >= 4 is 11.7 Å². The number of carbonyl (C=O) groups excluding carboxylic acids is 1. The quantitative estimate of drug-likeness (QED) is 0.374. The largest absolute Gasteiger partial charge is 0.467 e. The van der Waals surface area contributed by atoms with Crippen molar-refractivity contribution in [3.63, 3.8) is 0 Å². The van der Waals surface area contributed by atoms with Gasteiger partial charge in [-0.05, 0) is 48.6 Å². The molecule has 2 aromatic carbocycles. The summed E-state index contributed by atoms with van der Waals surface area (Å²) in [7, 11) is 2.85. The zero-order valence-electron chi connectivity index (χ0n) is 19.7. The Labute approximate surface area is 205 Å². The normalized spacial score (nSPS) is 12.3. The van der Waals surface area contributed by atoms with Crippen molar-refractivity contribution in [2.45, 2.75) is 31.5 Å². The van der Waals surface area contributed by atoms with E-state index in [1.54, 1.807) is 6.07 Å². The van der Waals surface area contributed by atoms with Gasteiger partial charge in [-0.3, -0.25) is 4.79 Å². The number of halogens is 4. The van der Waals surface area contributed by atoms with Gasteiger partial charge in [0, 0.05) is 25.3 Å². The molecule has 1 heterocycles. The summed E-state index contributed by atoms with van der Waals surface area (Å²) >= 11 is 0. The van der Waals surface area contributed by atoms with Gasteiger partial charge in [0.05, 0.1) is 18.4 Å². The first-order valence-electron chi connectivity index (χ1n) is 11.0. The first kappa shape index (κ1) is 26.9. The van der Waals surface area contributed by atoms with Crippen LogP contribution >= 0.6 is 0 Å². The van der Waals surface area contributed by atoms with Crippen molar-refractivity contribution in [2.75, 3.05) is 26.1 Å². The zero-order chi connectivity index (χ0) is 26.3. The van der Waals surface area contributed by atoms with E-state index in [1.165, 1.54) is 14.2 Å². The van der Waals surface area contributed by atoms with Crippen molar-refractivity contribution in [3.05, 3.63) is 71.0 Å². The average Bonchev–Trinajstić information content (AvgIpc) is 2.84. The molecule has 1 amide bonds. The summed E-state index contributed by atoms with van der Waals surface area (Å²) in [6, 6.07) is 11.8. The summed E-state index contributed by atoms with van der Waals surface area (Å²) in [4.78, 5) is 20.0. The highest BCUT2D eigenvalue weighted by Gasteiger charge is 2.31. The number of nitrogens with two attached hydrogens (primary N) is 1. The van der Waals surface area contributed by atoms with Crippen LogP contribution in [0.25, 0.3) is 11.3 Å². The maximum atomic E-state index is 14.1. The minimum Gasteiger partial charge on any atom is -0.467 e. The minimum atomic E-state index is -4.60. The molecule has 3 rings (SSSR count). The number of methoxy groups -OCH3 is 2. The molecule has 0 fully saturated rings. The third-order valence-corrected chi connectivity index (χ3v) is 5.49. The van der Waals surface area contributed by atoms with Gasteiger partial charge in [-0.2, -0.15) is 23.1 Å². The van der Waals surface area contributed by atoms with Crippen LogP contribution in [0.2, 0.25) is 0 Å². The van der Waals surface area contributed by atoms with Crippen LogP contribution < -0.4 is 15.8 Å². The molecule has 1 unspecified atom stereocenters. The first-order chi connectivity index (χ1) is 17.1. The smallest absolute Gasteiger partial charge is 0.416 e. The number of anilines is 1. The predicted molar refractivity (Wildman–Crippen MR) is 126 cm³/mol. The lowest BCUT2D eigenvalue weighted by molar-refractivity contribution is -0.137. The van der Waals surface area contributed by atoms with Gasteiger partial charge in [0.2, 0.25) is 5.91 Å². The van der Waals surface area contributed by atoms with Crippen LogP contribution in [0.15, 0.2) is 48.5 Å². The molecule has 0 aliphatic rings. The highest BCUT2D eigenvalue weighted by atomic mass is 19.4. The number of rotatable bonds is 11. The molecule has 0 saturated carbocycles. The Balaban J connectivity index is 1.72. The fraction of sp³-hybridized carbons (Fsp3) is 0.320. The molecular formula is C25H26F4N4O3. The van der Waals surface area contributed by atoms with Crippen molar-refractivity contribution in [3.8, 4) is 17.3 Å². The van der Waals surface area contributed by atoms with Crippen LogP contribution in [0, 0.1) is 5.82 Å². The average molecular weight is 507 g/mol. The highest BCUT2D eigenvalue weighted by Crippen LogP contribution is 2.30. The monoisotopic (exact) mass is 506 g/mol. The summed E-state index contributed by atoms with van der Waals surface area (Å²) in [6.07, 6.45) is -4.16. The molecule has 7 nitrogen and oxygen atoms in total. The fourth-order valence-electron chi connectivity index (χ4n) is 3.57. The molecule has 0 bridgehead atoms. The fourth-order valence-corrected chi connectivity index (χ4v) is 3.57. The van der Waals surface area contributed by atoms with Crippen molar-refractivity contribution in [2.24, 2.45) is 5.73 Å². The summed E-state index contributed by atoms with van der Waals surface area (Å²) in [5, 5.41) is 3.04. The highest BCUT2D eigenvalue weighted by molar-refractivity contribution is 5.78. The van der Waals surface area contributed by atoms with Gasteiger partial charge in [-0.25, -0.2) is 4.39 Å². The summed E-state index contributed by atoms with van der Waals surface area (Å²) in [5.74, 6) is -1.04. The van der Waals surface area contributed by atoms with Crippen molar-refractivity contribution in [1.82, 2.24) is 9.97 Å². The van der Waals surface area contributed by atoms with E-state index in [0.29, 0.717) is 30.4 Å². The van der Waals surface area contributed by atoms with E-state index in [2.05, 4.69) is 15.3 Å². The standard InChI is InChI=1S/C25H26F4N4O3/c1-35-21(23(30)34)9-6-15-4-3-5-17(12-15)20-14-22(33-24(32-20)36-2)31-11-10-16-7-8-18(13-19(16)26)25(27,28)29/h3-5,7-8,12-14,21H,6,9-11H2,1-2H3,(H2,30,34)(H,31,32,33). The SMILES string of the molecule is COc1nc(NCCc2ccc(C(F)(F)F)cc2F)cc(-c2cccc(CCC(OC)C(N)=O)c2)n1. The number of hydrogen-bond acceptors (Lipinski definition) is 6. The van der Waals surface area contributed by atoms with Crippen LogP contribution in [0.4, 0.5) is 23.4 Å². The van der Waals surface area contributed by atoms with E-state index in [-0.39, 0.29) is 24.5 Å². The molecule has 1 atom stereocenters. The van der Waals surface area contributed by atoms with Gasteiger partial charge in [-0.15, -0.1) is 0 Å². The van der Waals surface area contributed by atoms with Gasteiger partial charge < -0.3 is 20.5 Å². The minimum absolute atomic E-state index is 0.106. The Hall–Kier alpha value is -3.73. The number of aryl methyl sites for hydroxylation is 1. The lowest BCUT2D eigenvalue weighted by Crippen LogP contribution is -2.30. The number of ether oxygens (including phenoxy) is 2. The van der Waals surface area contributed by atoms with Gasteiger partial charge in [0.15, 0.2) is 0 Å². The van der Waals surface area contributed by atoms with E-state index >= 15 is 0 Å². The molecule has 11 heteroatoms. The molecule has 0 aliphatic heterocycles. The Bertz CT molecular complexity index is 1200. The van der Waals surface area contributed by atoms with Crippen LogP contribution in [0.1, 0.15) is 23.1 Å². The summed E-state index contributed by atoms with van der Waals surface area (Å²) < 4.78 is 62.7. The van der Waals surface area contributed by atoms with Crippen LogP contribution in [-0.4, -0.2) is 42.7 Å². The number of aromatic nitrogens is 2. The lowest BCUT2D eigenvalue weighted by Gasteiger charge is -2.13. The molecule has 0 aliphatic carbocycles.